The van der Waals surface area contributed by atoms with Gasteiger partial charge in [-0.25, -0.2) is 0 Å². The molecular formula is C20H22N2O3. The Bertz CT molecular complexity index is 753. The Labute approximate surface area is 147 Å². The van der Waals surface area contributed by atoms with Crippen molar-refractivity contribution in [3.8, 4) is 11.8 Å². The number of hydrogen-bond donors (Lipinski definition) is 2. The molecule has 0 saturated heterocycles. The van der Waals surface area contributed by atoms with Crippen LogP contribution in [0.4, 0.5) is 0 Å². The van der Waals surface area contributed by atoms with Gasteiger partial charge in [0.2, 0.25) is 0 Å². The van der Waals surface area contributed by atoms with E-state index in [1.807, 2.05) is 19.1 Å². The zero-order chi connectivity index (χ0) is 18.1. The van der Waals surface area contributed by atoms with Gasteiger partial charge in [0.25, 0.3) is 5.91 Å². The van der Waals surface area contributed by atoms with Crippen molar-refractivity contribution in [3.63, 3.8) is 0 Å². The maximum atomic E-state index is 12.2. The number of rotatable bonds is 8. The van der Waals surface area contributed by atoms with E-state index in [-0.39, 0.29) is 19.1 Å². The third-order valence-electron chi connectivity index (χ3n) is 3.71. The van der Waals surface area contributed by atoms with Crippen LogP contribution >= 0.6 is 0 Å². The maximum Gasteiger partial charge on any atom is 0.251 e. The molecule has 0 aliphatic rings. The lowest BCUT2D eigenvalue weighted by Crippen LogP contribution is -2.32. The molecular weight excluding hydrogens is 316 g/mol. The molecule has 0 aromatic heterocycles. The molecule has 2 rings (SSSR count). The van der Waals surface area contributed by atoms with Crippen LogP contribution in [0.15, 0.2) is 48.5 Å². The highest BCUT2D eigenvalue weighted by molar-refractivity contribution is 5.94. The molecule has 0 heterocycles. The SMILES string of the molecule is CCCC(O)CNC(=O)c1cccc(COc2ccccc2C#N)c1. The van der Waals surface area contributed by atoms with E-state index in [4.69, 9.17) is 10.00 Å². The number of hydrogen-bond acceptors (Lipinski definition) is 4. The highest BCUT2D eigenvalue weighted by atomic mass is 16.5. The second-order valence-electron chi connectivity index (χ2n) is 5.75. The van der Waals surface area contributed by atoms with Crippen molar-refractivity contribution in [1.29, 1.82) is 5.26 Å². The van der Waals surface area contributed by atoms with Crippen molar-refractivity contribution in [2.45, 2.75) is 32.5 Å². The summed E-state index contributed by atoms with van der Waals surface area (Å²) in [6.07, 6.45) is 1.00. The summed E-state index contributed by atoms with van der Waals surface area (Å²) in [4.78, 5) is 12.2. The lowest BCUT2D eigenvalue weighted by molar-refractivity contribution is 0.0910. The largest absolute Gasteiger partial charge is 0.488 e. The zero-order valence-corrected chi connectivity index (χ0v) is 14.2. The van der Waals surface area contributed by atoms with Crippen LogP contribution in [-0.4, -0.2) is 23.7 Å². The van der Waals surface area contributed by atoms with Gasteiger partial charge in [-0.3, -0.25) is 4.79 Å². The number of nitrogens with one attached hydrogen (secondary N) is 1. The minimum Gasteiger partial charge on any atom is -0.488 e. The molecule has 0 aliphatic heterocycles. The van der Waals surface area contributed by atoms with Crippen LogP contribution in [0.3, 0.4) is 0 Å². The van der Waals surface area contributed by atoms with Gasteiger partial charge in [-0.1, -0.05) is 37.6 Å². The van der Waals surface area contributed by atoms with E-state index in [0.717, 1.165) is 12.0 Å². The van der Waals surface area contributed by atoms with Crippen LogP contribution in [0.1, 0.15) is 41.3 Å². The van der Waals surface area contributed by atoms with Crippen LogP contribution in [0.5, 0.6) is 5.75 Å². The number of para-hydroxylation sites is 1. The molecule has 0 fully saturated rings. The summed E-state index contributed by atoms with van der Waals surface area (Å²) in [5.41, 5.74) is 1.81. The van der Waals surface area contributed by atoms with Gasteiger partial charge >= 0.3 is 0 Å². The summed E-state index contributed by atoms with van der Waals surface area (Å²) < 4.78 is 5.68. The van der Waals surface area contributed by atoms with E-state index in [0.29, 0.717) is 23.3 Å². The molecule has 0 spiro atoms. The number of aliphatic hydroxyl groups excluding tert-OH is 1. The highest BCUT2D eigenvalue weighted by Gasteiger charge is 2.09. The number of ether oxygens (including phenoxy) is 1. The fraction of sp³-hybridized carbons (Fsp3) is 0.300. The fourth-order valence-electron chi connectivity index (χ4n) is 2.40. The minimum atomic E-state index is -0.525. The Balaban J connectivity index is 1.96. The van der Waals surface area contributed by atoms with Crippen LogP contribution < -0.4 is 10.1 Å². The number of carbonyl (C=O) groups is 1. The van der Waals surface area contributed by atoms with Gasteiger partial charge in [0.05, 0.1) is 11.7 Å². The molecule has 130 valence electrons. The number of nitrogens with zero attached hydrogens (tertiary/aromatic N) is 1. The second-order valence-corrected chi connectivity index (χ2v) is 5.75. The first-order valence-corrected chi connectivity index (χ1v) is 8.31. The van der Waals surface area contributed by atoms with E-state index < -0.39 is 6.10 Å². The zero-order valence-electron chi connectivity index (χ0n) is 14.2. The first-order valence-electron chi connectivity index (χ1n) is 8.31. The van der Waals surface area contributed by atoms with Gasteiger partial charge in [0.1, 0.15) is 18.4 Å². The van der Waals surface area contributed by atoms with Crippen molar-refractivity contribution in [1.82, 2.24) is 5.32 Å². The first kappa shape index (κ1) is 18.5. The van der Waals surface area contributed by atoms with Crippen LogP contribution in [-0.2, 0) is 6.61 Å². The van der Waals surface area contributed by atoms with Gasteiger partial charge in [-0.2, -0.15) is 5.26 Å². The van der Waals surface area contributed by atoms with E-state index >= 15 is 0 Å². The first-order chi connectivity index (χ1) is 12.1. The predicted octanol–water partition coefficient (Wildman–Crippen LogP) is 3.03. The molecule has 2 N–H and O–H groups in total. The Kier molecular flexibility index (Phi) is 7.00. The van der Waals surface area contributed by atoms with Gasteiger partial charge < -0.3 is 15.2 Å². The molecule has 1 amide bonds. The third kappa shape index (κ3) is 5.63. The highest BCUT2D eigenvalue weighted by Crippen LogP contribution is 2.18. The molecule has 0 aliphatic carbocycles. The van der Waals surface area contributed by atoms with E-state index in [9.17, 15) is 9.90 Å². The van der Waals surface area contributed by atoms with Crippen molar-refractivity contribution >= 4 is 5.91 Å². The van der Waals surface area contributed by atoms with Crippen LogP contribution in [0.2, 0.25) is 0 Å². The van der Waals surface area contributed by atoms with Crippen molar-refractivity contribution in [3.05, 3.63) is 65.2 Å². The minimum absolute atomic E-state index is 0.227. The van der Waals surface area contributed by atoms with Crippen molar-refractivity contribution < 1.29 is 14.6 Å². The standard InChI is InChI=1S/C20H22N2O3/c1-2-6-18(23)13-22-20(24)16-9-5-7-15(11-16)14-25-19-10-4-3-8-17(19)12-21/h3-5,7-11,18,23H,2,6,13-14H2,1H3,(H,22,24). The molecule has 1 atom stereocenters. The second kappa shape index (κ2) is 9.45. The topological polar surface area (TPSA) is 82.3 Å². The van der Waals surface area contributed by atoms with Crippen LogP contribution in [0, 0.1) is 11.3 Å². The molecule has 5 heteroatoms. The molecule has 25 heavy (non-hydrogen) atoms. The van der Waals surface area contributed by atoms with E-state index in [1.165, 1.54) is 0 Å². The quantitative estimate of drug-likeness (QED) is 0.775. The monoisotopic (exact) mass is 338 g/mol. The Morgan fingerprint density at radius 2 is 2.08 bits per heavy atom. The van der Waals surface area contributed by atoms with Gasteiger partial charge in [-0.15, -0.1) is 0 Å². The lowest BCUT2D eigenvalue weighted by Gasteiger charge is -2.12. The fourth-order valence-corrected chi connectivity index (χ4v) is 2.40. The van der Waals surface area contributed by atoms with E-state index in [2.05, 4.69) is 11.4 Å². The Hall–Kier alpha value is -2.84. The van der Waals surface area contributed by atoms with Gasteiger partial charge in [-0.05, 0) is 36.2 Å². The third-order valence-corrected chi connectivity index (χ3v) is 3.71. The average molecular weight is 338 g/mol. The number of carbonyl (C=O) groups excluding carboxylic acids is 1. The molecule has 0 saturated carbocycles. The number of amides is 1. The molecule has 0 radical (unpaired) electrons. The average Bonchev–Trinajstić information content (AvgIpc) is 2.65. The normalized spacial score (nSPS) is 11.4. The number of nitriles is 1. The summed E-state index contributed by atoms with van der Waals surface area (Å²) in [6.45, 7) is 2.49. The van der Waals surface area contributed by atoms with Gasteiger partial charge in [0, 0.05) is 12.1 Å². The smallest absolute Gasteiger partial charge is 0.251 e. The summed E-state index contributed by atoms with van der Waals surface area (Å²) in [5, 5.41) is 21.5. The summed E-state index contributed by atoms with van der Waals surface area (Å²) in [5.74, 6) is 0.289. The summed E-state index contributed by atoms with van der Waals surface area (Å²) in [6, 6.07) is 16.2. The molecule has 1 unspecified atom stereocenters. The summed E-state index contributed by atoms with van der Waals surface area (Å²) in [7, 11) is 0. The lowest BCUT2D eigenvalue weighted by atomic mass is 10.1. The van der Waals surface area contributed by atoms with Gasteiger partial charge in [0.15, 0.2) is 0 Å². The molecule has 2 aromatic carbocycles. The number of aliphatic hydroxyl groups is 1. The van der Waals surface area contributed by atoms with Crippen molar-refractivity contribution in [2.24, 2.45) is 0 Å². The van der Waals surface area contributed by atoms with Crippen molar-refractivity contribution in [2.75, 3.05) is 6.54 Å². The maximum absolute atomic E-state index is 12.2. The number of benzene rings is 2. The molecule has 2 aromatic rings. The van der Waals surface area contributed by atoms with E-state index in [1.54, 1.807) is 36.4 Å². The molecule has 5 nitrogen and oxygen atoms in total. The predicted molar refractivity (Wildman–Crippen MR) is 95.2 cm³/mol. The Morgan fingerprint density at radius 3 is 2.84 bits per heavy atom. The Morgan fingerprint density at radius 1 is 1.28 bits per heavy atom. The summed E-state index contributed by atoms with van der Waals surface area (Å²) >= 11 is 0. The van der Waals surface area contributed by atoms with Crippen LogP contribution in [0.25, 0.3) is 0 Å². The molecule has 0 bridgehead atoms.